The first-order chi connectivity index (χ1) is 6.88. The highest BCUT2D eigenvalue weighted by atomic mass is 32.2. The average Bonchev–Trinajstić information content (AvgIpc) is 2.70. The van der Waals surface area contributed by atoms with Crippen LogP contribution >= 0.6 is 23.5 Å². The van der Waals surface area contributed by atoms with Crippen molar-refractivity contribution in [3.05, 3.63) is 0 Å². The van der Waals surface area contributed by atoms with E-state index in [1.54, 1.807) is 25.7 Å². The molecule has 80 valence electrons. The molecule has 0 N–H and O–H groups in total. The van der Waals surface area contributed by atoms with Gasteiger partial charge in [-0.3, -0.25) is 0 Å². The summed E-state index contributed by atoms with van der Waals surface area (Å²) in [6.45, 7) is 0. The maximum Gasteiger partial charge on any atom is 0.0617 e. The maximum absolute atomic E-state index is 2.29. The summed E-state index contributed by atoms with van der Waals surface area (Å²) >= 11 is 4.58. The van der Waals surface area contributed by atoms with Gasteiger partial charge in [-0.1, -0.05) is 32.1 Å². The number of fused-ring (bicyclic) bond motifs is 1. The van der Waals surface area contributed by atoms with Crippen molar-refractivity contribution in [2.75, 3.05) is 11.5 Å². The Morgan fingerprint density at radius 2 is 1.36 bits per heavy atom. The quantitative estimate of drug-likeness (QED) is 0.611. The van der Waals surface area contributed by atoms with Gasteiger partial charge in [0, 0.05) is 11.5 Å². The van der Waals surface area contributed by atoms with Gasteiger partial charge < -0.3 is 0 Å². The lowest BCUT2D eigenvalue weighted by Crippen LogP contribution is -2.11. The molecule has 2 aliphatic carbocycles. The molecular formula is C12H20S2. The molecule has 3 aliphatic rings. The van der Waals surface area contributed by atoms with E-state index < -0.39 is 0 Å². The summed E-state index contributed by atoms with van der Waals surface area (Å²) in [5.74, 6) is 5.06. The summed E-state index contributed by atoms with van der Waals surface area (Å²) in [6.07, 6.45) is 10.8. The Bertz CT molecular complexity index is 192. The smallest absolute Gasteiger partial charge is 0.0617 e. The molecule has 0 radical (unpaired) electrons. The fourth-order valence-electron chi connectivity index (χ4n) is 3.61. The molecule has 1 heterocycles. The van der Waals surface area contributed by atoms with E-state index >= 15 is 0 Å². The van der Waals surface area contributed by atoms with Crippen molar-refractivity contribution in [2.24, 2.45) is 11.8 Å². The summed E-state index contributed by atoms with van der Waals surface area (Å²) in [4.78, 5) is 0. The lowest BCUT2D eigenvalue weighted by Gasteiger charge is -2.21. The predicted octanol–water partition coefficient (Wildman–Crippen LogP) is 4.15. The lowest BCUT2D eigenvalue weighted by molar-refractivity contribution is 0.367. The van der Waals surface area contributed by atoms with Crippen LogP contribution in [0.2, 0.25) is 0 Å². The standard InChI is InChI=1S/C12H20S2/c1-2-4-10-8-12(13-6-7-14-12)9-11(10)5-3-1/h10-11H,1-9H2/t10-,11+. The van der Waals surface area contributed by atoms with Gasteiger partial charge >= 0.3 is 0 Å². The third-order valence-corrected chi connectivity index (χ3v) is 7.78. The molecule has 0 amide bonds. The Labute approximate surface area is 96.0 Å². The first-order valence-electron chi connectivity index (χ1n) is 6.16. The van der Waals surface area contributed by atoms with Crippen LogP contribution in [0.15, 0.2) is 0 Å². The minimum absolute atomic E-state index is 0.701. The lowest BCUT2D eigenvalue weighted by atomic mass is 9.92. The average molecular weight is 228 g/mol. The van der Waals surface area contributed by atoms with Crippen molar-refractivity contribution in [1.29, 1.82) is 0 Å². The second-order valence-electron chi connectivity index (χ2n) is 5.17. The minimum Gasteiger partial charge on any atom is -0.143 e. The van der Waals surface area contributed by atoms with Crippen molar-refractivity contribution < 1.29 is 0 Å². The molecule has 3 fully saturated rings. The van der Waals surface area contributed by atoms with Crippen LogP contribution in [0.1, 0.15) is 44.9 Å². The summed E-state index contributed by atoms with van der Waals surface area (Å²) < 4.78 is 0.701. The number of hydrogen-bond acceptors (Lipinski definition) is 2. The molecule has 1 aliphatic heterocycles. The molecule has 2 heteroatoms. The molecule has 2 saturated carbocycles. The number of rotatable bonds is 0. The Hall–Kier alpha value is 0.700. The maximum atomic E-state index is 2.29. The highest BCUT2D eigenvalue weighted by Crippen LogP contribution is 2.60. The molecule has 0 bridgehead atoms. The number of hydrogen-bond donors (Lipinski definition) is 0. The van der Waals surface area contributed by atoms with Crippen LogP contribution in [0.5, 0.6) is 0 Å². The van der Waals surface area contributed by atoms with Gasteiger partial charge in [0.25, 0.3) is 0 Å². The zero-order chi connectivity index (χ0) is 9.43. The molecule has 14 heavy (non-hydrogen) atoms. The SMILES string of the molecule is C1CC[C@@H]2CC3(C[C@@H]2CC1)SCCS3. The van der Waals surface area contributed by atoms with Gasteiger partial charge in [-0.25, -0.2) is 0 Å². The predicted molar refractivity (Wildman–Crippen MR) is 66.9 cm³/mol. The topological polar surface area (TPSA) is 0 Å². The van der Waals surface area contributed by atoms with E-state index in [0.29, 0.717) is 4.08 Å². The van der Waals surface area contributed by atoms with Gasteiger partial charge in [0.2, 0.25) is 0 Å². The molecule has 1 spiro atoms. The monoisotopic (exact) mass is 228 g/mol. The van der Waals surface area contributed by atoms with Gasteiger partial charge in [0.15, 0.2) is 0 Å². The van der Waals surface area contributed by atoms with Gasteiger partial charge in [0.05, 0.1) is 4.08 Å². The normalized spacial score (nSPS) is 41.1. The second-order valence-corrected chi connectivity index (χ2v) is 8.39. The fourth-order valence-corrected chi connectivity index (χ4v) is 7.19. The summed E-state index contributed by atoms with van der Waals surface area (Å²) in [6, 6.07) is 0. The van der Waals surface area contributed by atoms with Crippen LogP contribution in [-0.4, -0.2) is 15.6 Å². The molecule has 0 aromatic heterocycles. The molecule has 3 rings (SSSR count). The molecule has 1 saturated heterocycles. The van der Waals surface area contributed by atoms with E-state index in [2.05, 4.69) is 23.5 Å². The Kier molecular flexibility index (Phi) is 2.78. The van der Waals surface area contributed by atoms with Gasteiger partial charge in [-0.05, 0) is 24.7 Å². The third-order valence-electron chi connectivity index (χ3n) is 4.28. The van der Waals surface area contributed by atoms with Crippen LogP contribution in [0, 0.1) is 11.8 Å². The number of thioether (sulfide) groups is 2. The Morgan fingerprint density at radius 1 is 0.786 bits per heavy atom. The van der Waals surface area contributed by atoms with E-state index in [9.17, 15) is 0 Å². The first kappa shape index (κ1) is 9.89. The zero-order valence-corrected chi connectivity index (χ0v) is 10.5. The van der Waals surface area contributed by atoms with Crippen molar-refractivity contribution in [2.45, 2.75) is 49.0 Å². The molecule has 0 unspecified atom stereocenters. The van der Waals surface area contributed by atoms with Crippen molar-refractivity contribution in [3.8, 4) is 0 Å². The van der Waals surface area contributed by atoms with Crippen LogP contribution in [0.25, 0.3) is 0 Å². The zero-order valence-electron chi connectivity index (χ0n) is 8.84. The van der Waals surface area contributed by atoms with E-state index in [-0.39, 0.29) is 0 Å². The molecule has 2 atom stereocenters. The largest absolute Gasteiger partial charge is 0.143 e. The molecule has 0 aromatic rings. The van der Waals surface area contributed by atoms with Crippen LogP contribution in [0.3, 0.4) is 0 Å². The van der Waals surface area contributed by atoms with Gasteiger partial charge in [-0.15, -0.1) is 23.5 Å². The van der Waals surface area contributed by atoms with Crippen molar-refractivity contribution in [1.82, 2.24) is 0 Å². The van der Waals surface area contributed by atoms with Crippen molar-refractivity contribution >= 4 is 23.5 Å². The Morgan fingerprint density at radius 3 is 1.93 bits per heavy atom. The highest BCUT2D eigenvalue weighted by molar-refractivity contribution is 8.21. The van der Waals surface area contributed by atoms with E-state index in [0.717, 1.165) is 11.8 Å². The highest BCUT2D eigenvalue weighted by Gasteiger charge is 2.47. The fraction of sp³-hybridized carbons (Fsp3) is 1.00. The molecule has 0 nitrogen and oxygen atoms in total. The minimum atomic E-state index is 0.701. The summed E-state index contributed by atoms with van der Waals surface area (Å²) in [7, 11) is 0. The Balaban J connectivity index is 1.72. The van der Waals surface area contributed by atoms with E-state index in [4.69, 9.17) is 0 Å². The molecular weight excluding hydrogens is 208 g/mol. The first-order valence-corrected chi connectivity index (χ1v) is 8.13. The van der Waals surface area contributed by atoms with Gasteiger partial charge in [-0.2, -0.15) is 0 Å². The third kappa shape index (κ3) is 1.73. The summed E-state index contributed by atoms with van der Waals surface area (Å²) in [5, 5.41) is 0. The van der Waals surface area contributed by atoms with Crippen LogP contribution in [-0.2, 0) is 0 Å². The van der Waals surface area contributed by atoms with Crippen molar-refractivity contribution in [3.63, 3.8) is 0 Å². The second kappa shape index (κ2) is 3.93. The van der Waals surface area contributed by atoms with Crippen LogP contribution < -0.4 is 0 Å². The summed E-state index contributed by atoms with van der Waals surface area (Å²) in [5.41, 5.74) is 0. The molecule has 0 aromatic carbocycles. The van der Waals surface area contributed by atoms with E-state index in [1.807, 2.05) is 0 Å². The van der Waals surface area contributed by atoms with Crippen LogP contribution in [0.4, 0.5) is 0 Å². The van der Waals surface area contributed by atoms with Gasteiger partial charge in [0.1, 0.15) is 0 Å². The van der Waals surface area contributed by atoms with E-state index in [1.165, 1.54) is 30.8 Å².